The summed E-state index contributed by atoms with van der Waals surface area (Å²) in [6.45, 7) is 0.130. The van der Waals surface area contributed by atoms with E-state index in [0.29, 0.717) is 5.56 Å². The lowest BCUT2D eigenvalue weighted by atomic mass is 10.0. The maximum absolute atomic E-state index is 13.1. The van der Waals surface area contributed by atoms with Gasteiger partial charge in [-0.15, -0.1) is 0 Å². The molecule has 2 N–H and O–H groups in total. The number of hydrogen-bond donors (Lipinski definition) is 2. The molecule has 1 aromatic carbocycles. The van der Waals surface area contributed by atoms with E-state index in [4.69, 9.17) is 9.26 Å². The lowest BCUT2D eigenvalue weighted by Crippen LogP contribution is -2.56. The van der Waals surface area contributed by atoms with E-state index in [2.05, 4.69) is 5.16 Å². The maximum atomic E-state index is 13.1. The number of ether oxygens (including phenoxy) is 1. The number of rotatable bonds is 3. The molecular weight excluding hydrogens is 319 g/mol. The van der Waals surface area contributed by atoms with Crippen molar-refractivity contribution >= 4 is 5.91 Å². The van der Waals surface area contributed by atoms with Crippen molar-refractivity contribution in [1.82, 2.24) is 10.1 Å². The van der Waals surface area contributed by atoms with E-state index >= 15 is 0 Å². The van der Waals surface area contributed by atoms with Gasteiger partial charge in [-0.1, -0.05) is 5.16 Å². The first kappa shape index (κ1) is 16.6. The summed E-state index contributed by atoms with van der Waals surface area (Å²) < 4.78 is 23.2. The molecule has 1 aliphatic rings. The summed E-state index contributed by atoms with van der Waals surface area (Å²) in [5.74, 6) is -0.846. The van der Waals surface area contributed by atoms with Crippen LogP contribution in [0, 0.1) is 5.82 Å². The minimum absolute atomic E-state index is 0.0216. The number of nitrogens with zero attached hydrogens (tertiary/aromatic N) is 2. The van der Waals surface area contributed by atoms with Gasteiger partial charge in [0, 0.05) is 12.6 Å². The van der Waals surface area contributed by atoms with Crippen molar-refractivity contribution in [2.75, 3.05) is 20.3 Å². The molecule has 1 aromatic heterocycles. The number of aliphatic hydroxyl groups excluding tert-OH is 2. The third-order valence-electron chi connectivity index (χ3n) is 4.10. The molecular formula is C16H17FN2O5. The zero-order valence-corrected chi connectivity index (χ0v) is 12.9. The van der Waals surface area contributed by atoms with Gasteiger partial charge in [0.2, 0.25) is 0 Å². The summed E-state index contributed by atoms with van der Waals surface area (Å²) in [6.07, 6.45) is -0.968. The predicted molar refractivity (Wildman–Crippen MR) is 80.6 cm³/mol. The molecule has 8 heteroatoms. The van der Waals surface area contributed by atoms with Crippen LogP contribution in [0.15, 0.2) is 35.1 Å². The lowest BCUT2D eigenvalue weighted by Gasteiger charge is -2.37. The Morgan fingerprint density at radius 2 is 2.00 bits per heavy atom. The van der Waals surface area contributed by atoms with Crippen molar-refractivity contribution < 1.29 is 28.7 Å². The van der Waals surface area contributed by atoms with Gasteiger partial charge in [0.1, 0.15) is 35.5 Å². The number of benzene rings is 1. The molecule has 0 bridgehead atoms. The summed E-state index contributed by atoms with van der Waals surface area (Å²) in [7, 11) is 1.50. The molecule has 2 aromatic rings. The Balaban J connectivity index is 1.85. The van der Waals surface area contributed by atoms with E-state index in [9.17, 15) is 19.4 Å². The van der Waals surface area contributed by atoms with Gasteiger partial charge in [0.15, 0.2) is 0 Å². The fourth-order valence-electron chi connectivity index (χ4n) is 2.65. The van der Waals surface area contributed by atoms with E-state index < -0.39 is 30.0 Å². The fourth-order valence-corrected chi connectivity index (χ4v) is 2.65. The third-order valence-corrected chi connectivity index (χ3v) is 4.10. The second-order valence-corrected chi connectivity index (χ2v) is 5.66. The highest BCUT2D eigenvalue weighted by atomic mass is 19.1. The molecule has 24 heavy (non-hydrogen) atoms. The Morgan fingerprint density at radius 3 is 2.71 bits per heavy atom. The van der Waals surface area contributed by atoms with Crippen LogP contribution in [0.1, 0.15) is 10.4 Å². The molecule has 3 rings (SSSR count). The van der Waals surface area contributed by atoms with Gasteiger partial charge in [-0.3, -0.25) is 4.79 Å². The molecule has 0 radical (unpaired) electrons. The molecule has 1 saturated heterocycles. The number of aliphatic hydroxyl groups is 2. The Bertz CT molecular complexity index is 718. The highest BCUT2D eigenvalue weighted by Gasteiger charge is 2.37. The highest BCUT2D eigenvalue weighted by Crippen LogP contribution is 2.25. The van der Waals surface area contributed by atoms with Crippen LogP contribution in [0.5, 0.6) is 0 Å². The Morgan fingerprint density at radius 1 is 1.29 bits per heavy atom. The van der Waals surface area contributed by atoms with Gasteiger partial charge in [-0.05, 0) is 24.3 Å². The molecule has 0 unspecified atom stereocenters. The molecule has 3 atom stereocenters. The van der Waals surface area contributed by atoms with Crippen LogP contribution in [-0.2, 0) is 4.74 Å². The normalized spacial score (nSPS) is 23.9. The van der Waals surface area contributed by atoms with Crippen molar-refractivity contribution in [3.8, 4) is 11.3 Å². The average molecular weight is 336 g/mol. The standard InChI is InChI=1S/C16H17FN2O5/c1-19(12-7-23-8-13(20)15(12)21)16(22)11-6-24-18-14(11)9-2-4-10(17)5-3-9/h2-6,12-13,15,20-21H,7-8H2,1H3/t12-,13-,15+/m1/s1. The zero-order chi connectivity index (χ0) is 17.3. The number of likely N-dealkylation sites (N-methyl/N-ethyl adjacent to an activating group) is 1. The minimum atomic E-state index is -1.11. The SMILES string of the molecule is CN(C(=O)c1conc1-c1ccc(F)cc1)[C@@H]1COC[C@@H](O)[C@H]1O. The van der Waals surface area contributed by atoms with Crippen molar-refractivity contribution in [2.45, 2.75) is 18.2 Å². The van der Waals surface area contributed by atoms with Crippen molar-refractivity contribution in [1.29, 1.82) is 0 Å². The zero-order valence-electron chi connectivity index (χ0n) is 12.9. The minimum Gasteiger partial charge on any atom is -0.388 e. The van der Waals surface area contributed by atoms with Gasteiger partial charge in [-0.25, -0.2) is 4.39 Å². The molecule has 2 heterocycles. The van der Waals surface area contributed by atoms with Gasteiger partial charge in [0.25, 0.3) is 5.91 Å². The third kappa shape index (κ3) is 3.03. The molecule has 0 saturated carbocycles. The van der Waals surface area contributed by atoms with Crippen LogP contribution >= 0.6 is 0 Å². The van der Waals surface area contributed by atoms with Gasteiger partial charge < -0.3 is 24.4 Å². The quantitative estimate of drug-likeness (QED) is 0.855. The predicted octanol–water partition coefficient (Wildman–Crippen LogP) is 0.673. The number of carbonyl (C=O) groups is 1. The monoisotopic (exact) mass is 336 g/mol. The van der Waals surface area contributed by atoms with E-state index in [1.165, 1.54) is 42.5 Å². The Kier molecular flexibility index (Phi) is 4.61. The lowest BCUT2D eigenvalue weighted by molar-refractivity contribution is -0.122. The highest BCUT2D eigenvalue weighted by molar-refractivity contribution is 5.99. The fraction of sp³-hybridized carbons (Fsp3) is 0.375. The van der Waals surface area contributed by atoms with Crippen molar-refractivity contribution in [3.05, 3.63) is 41.9 Å². The van der Waals surface area contributed by atoms with E-state index in [-0.39, 0.29) is 24.5 Å². The number of hydrogen-bond acceptors (Lipinski definition) is 6. The largest absolute Gasteiger partial charge is 0.388 e. The van der Waals surface area contributed by atoms with E-state index in [1.54, 1.807) is 0 Å². The van der Waals surface area contributed by atoms with E-state index in [1.807, 2.05) is 0 Å². The summed E-state index contributed by atoms with van der Waals surface area (Å²) in [6, 6.07) is 4.81. The molecule has 0 spiro atoms. The molecule has 0 aliphatic carbocycles. The maximum Gasteiger partial charge on any atom is 0.259 e. The summed E-state index contributed by atoms with van der Waals surface area (Å²) >= 11 is 0. The van der Waals surface area contributed by atoms with Crippen molar-refractivity contribution in [3.63, 3.8) is 0 Å². The summed E-state index contributed by atoms with van der Waals surface area (Å²) in [4.78, 5) is 14.0. The first-order valence-corrected chi connectivity index (χ1v) is 7.40. The van der Waals surface area contributed by atoms with E-state index in [0.717, 1.165) is 0 Å². The second kappa shape index (κ2) is 6.68. The van der Waals surface area contributed by atoms with Gasteiger partial charge >= 0.3 is 0 Å². The van der Waals surface area contributed by atoms with Crippen LogP contribution < -0.4 is 0 Å². The molecule has 128 valence electrons. The number of halogens is 1. The number of carbonyl (C=O) groups excluding carboxylic acids is 1. The van der Waals surface area contributed by atoms with Crippen LogP contribution in [0.3, 0.4) is 0 Å². The topological polar surface area (TPSA) is 96.0 Å². The molecule has 1 fully saturated rings. The second-order valence-electron chi connectivity index (χ2n) is 5.66. The summed E-state index contributed by atoms with van der Waals surface area (Å²) in [5.41, 5.74) is 0.984. The molecule has 1 amide bonds. The first-order valence-electron chi connectivity index (χ1n) is 7.40. The Hall–Kier alpha value is -2.29. The molecule has 7 nitrogen and oxygen atoms in total. The van der Waals surface area contributed by atoms with Gasteiger partial charge in [0.05, 0.1) is 19.3 Å². The summed E-state index contributed by atoms with van der Waals surface area (Å²) in [5, 5.41) is 23.6. The number of aromatic nitrogens is 1. The first-order chi connectivity index (χ1) is 11.5. The van der Waals surface area contributed by atoms with Gasteiger partial charge in [-0.2, -0.15) is 0 Å². The van der Waals surface area contributed by atoms with Crippen molar-refractivity contribution in [2.24, 2.45) is 0 Å². The van der Waals surface area contributed by atoms with Crippen LogP contribution in [0.25, 0.3) is 11.3 Å². The number of amides is 1. The molecule has 1 aliphatic heterocycles. The van der Waals surface area contributed by atoms with Crippen LogP contribution in [0.4, 0.5) is 4.39 Å². The van der Waals surface area contributed by atoms with Crippen LogP contribution in [0.2, 0.25) is 0 Å². The van der Waals surface area contributed by atoms with Crippen LogP contribution in [-0.4, -0.2) is 64.7 Å². The smallest absolute Gasteiger partial charge is 0.259 e. The Labute approximate surface area is 137 Å². The average Bonchev–Trinajstić information content (AvgIpc) is 3.06.